The fraction of sp³-hybridized carbons (Fsp3) is 0.273. The van der Waals surface area contributed by atoms with E-state index in [1.165, 1.54) is 11.6 Å². The molecule has 0 saturated carbocycles. The molecule has 0 saturated heterocycles. The topological polar surface area (TPSA) is 117 Å². The number of para-hydroxylation sites is 2. The van der Waals surface area contributed by atoms with Gasteiger partial charge in [0.25, 0.3) is 5.91 Å². The summed E-state index contributed by atoms with van der Waals surface area (Å²) in [5.74, 6) is -0.0768. The zero-order valence-corrected chi connectivity index (χ0v) is 16.5. The van der Waals surface area contributed by atoms with Gasteiger partial charge in [0.2, 0.25) is 0 Å². The van der Waals surface area contributed by atoms with Crippen LogP contribution in [0, 0.1) is 0 Å². The second-order valence-electron chi connectivity index (χ2n) is 6.30. The van der Waals surface area contributed by atoms with Gasteiger partial charge in [-0.2, -0.15) is 0 Å². The second kappa shape index (κ2) is 13.0. The molecule has 4 N–H and O–H groups in total. The molecule has 0 bridgehead atoms. The number of nitrogens with one attached hydrogen (secondary N) is 2. The molecule has 0 fully saturated rings. The van der Waals surface area contributed by atoms with Gasteiger partial charge < -0.3 is 14.6 Å². The number of aliphatic hydroxyl groups excluding tert-OH is 1. The van der Waals surface area contributed by atoms with Gasteiger partial charge in [-0.15, -0.1) is 0 Å². The van der Waals surface area contributed by atoms with E-state index in [0.717, 1.165) is 0 Å². The first-order chi connectivity index (χ1) is 14.6. The smallest absolute Gasteiger partial charge is 0.412 e. The molecular weight excluding hydrogens is 388 g/mol. The lowest BCUT2D eigenvalue weighted by Gasteiger charge is -2.21. The number of anilines is 1. The number of unbranched alkanes of at least 4 members (excludes halogenated alkanes) is 1. The molecule has 30 heavy (non-hydrogen) atoms. The number of rotatable bonds is 11. The molecule has 2 aromatic carbocycles. The van der Waals surface area contributed by atoms with Gasteiger partial charge in [-0.3, -0.25) is 15.3 Å². The molecule has 0 unspecified atom stereocenters. The Hall–Kier alpha value is -3.36. The molecule has 2 rings (SSSR count). The van der Waals surface area contributed by atoms with Crippen molar-refractivity contribution in [3.63, 3.8) is 0 Å². The summed E-state index contributed by atoms with van der Waals surface area (Å²) in [6, 6.07) is 16.1. The Morgan fingerprint density at radius 1 is 1.07 bits per heavy atom. The quantitative estimate of drug-likeness (QED) is 0.193. The maximum Gasteiger partial charge on any atom is 0.412 e. The Balaban J connectivity index is 2.08. The van der Waals surface area contributed by atoms with E-state index >= 15 is 0 Å². The molecule has 0 heterocycles. The maximum atomic E-state index is 12.4. The average Bonchev–Trinajstić information content (AvgIpc) is 2.77. The summed E-state index contributed by atoms with van der Waals surface area (Å²) >= 11 is 0. The van der Waals surface area contributed by atoms with Crippen molar-refractivity contribution in [3.8, 4) is 5.75 Å². The monoisotopic (exact) mass is 414 g/mol. The van der Waals surface area contributed by atoms with Crippen LogP contribution in [0.2, 0.25) is 0 Å². The van der Waals surface area contributed by atoms with Crippen LogP contribution in [0.5, 0.6) is 5.75 Å². The fourth-order valence-electron chi connectivity index (χ4n) is 2.76. The number of hydrogen-bond acceptors (Lipinski definition) is 6. The maximum absolute atomic E-state index is 12.4. The molecule has 0 spiro atoms. The molecule has 0 aliphatic carbocycles. The predicted octanol–water partition coefficient (Wildman–Crippen LogP) is 3.58. The van der Waals surface area contributed by atoms with Crippen molar-refractivity contribution in [2.45, 2.75) is 25.4 Å². The van der Waals surface area contributed by atoms with Crippen molar-refractivity contribution in [2.24, 2.45) is 0 Å². The van der Waals surface area contributed by atoms with Crippen molar-refractivity contribution in [1.29, 1.82) is 0 Å². The lowest BCUT2D eigenvalue weighted by atomic mass is 10.0. The molecule has 2 amide bonds. The first kappa shape index (κ1) is 22.9. The first-order valence-electron chi connectivity index (χ1n) is 9.60. The van der Waals surface area contributed by atoms with E-state index in [1.54, 1.807) is 42.5 Å². The van der Waals surface area contributed by atoms with Crippen LogP contribution in [0.1, 0.15) is 30.9 Å². The van der Waals surface area contributed by atoms with Gasteiger partial charge in [-0.25, -0.2) is 10.3 Å². The van der Waals surface area contributed by atoms with Gasteiger partial charge in [-0.1, -0.05) is 42.5 Å². The highest BCUT2D eigenvalue weighted by molar-refractivity contribution is 5.86. The third kappa shape index (κ3) is 7.94. The summed E-state index contributed by atoms with van der Waals surface area (Å²) in [7, 11) is 0. The van der Waals surface area contributed by atoms with Crippen molar-refractivity contribution in [2.75, 3.05) is 18.5 Å². The lowest BCUT2D eigenvalue weighted by molar-refractivity contribution is -0.124. The third-order valence-corrected chi connectivity index (χ3v) is 4.10. The van der Waals surface area contributed by atoms with Crippen molar-refractivity contribution < 1.29 is 29.4 Å². The number of hydrogen-bond donors (Lipinski definition) is 4. The van der Waals surface area contributed by atoms with Crippen LogP contribution in [-0.2, 0) is 9.53 Å². The van der Waals surface area contributed by atoms with Gasteiger partial charge in [0, 0.05) is 17.3 Å². The van der Waals surface area contributed by atoms with Crippen LogP contribution in [0.3, 0.4) is 0 Å². The molecule has 0 radical (unpaired) electrons. The minimum absolute atomic E-state index is 0.124. The Morgan fingerprint density at radius 3 is 2.53 bits per heavy atom. The minimum atomic E-state index is -0.604. The Bertz CT molecular complexity index is 825. The van der Waals surface area contributed by atoms with Crippen molar-refractivity contribution in [3.05, 3.63) is 72.3 Å². The van der Waals surface area contributed by atoms with Crippen LogP contribution in [-0.4, -0.2) is 35.5 Å². The highest BCUT2D eigenvalue weighted by Gasteiger charge is 2.20. The highest BCUT2D eigenvalue weighted by atomic mass is 16.6. The third-order valence-electron chi connectivity index (χ3n) is 4.10. The number of hydroxylamine groups is 1. The molecule has 0 aromatic heterocycles. The van der Waals surface area contributed by atoms with Crippen molar-refractivity contribution >= 4 is 17.7 Å². The van der Waals surface area contributed by atoms with Crippen LogP contribution < -0.4 is 15.5 Å². The second-order valence-corrected chi connectivity index (χ2v) is 6.30. The van der Waals surface area contributed by atoms with E-state index in [0.29, 0.717) is 36.3 Å². The van der Waals surface area contributed by atoms with E-state index in [4.69, 9.17) is 19.8 Å². The summed E-state index contributed by atoms with van der Waals surface area (Å²) in [6.07, 6.45) is 3.31. The van der Waals surface area contributed by atoms with Gasteiger partial charge >= 0.3 is 6.09 Å². The van der Waals surface area contributed by atoms with Gasteiger partial charge in [0.05, 0.1) is 6.61 Å². The summed E-state index contributed by atoms with van der Waals surface area (Å²) in [5, 5.41) is 20.2. The normalized spacial score (nSPS) is 11.7. The average molecular weight is 414 g/mol. The Kier molecular flexibility index (Phi) is 9.91. The van der Waals surface area contributed by atoms with Crippen LogP contribution in [0.25, 0.3) is 0 Å². The van der Waals surface area contributed by atoms with E-state index in [9.17, 15) is 9.59 Å². The summed E-state index contributed by atoms with van der Waals surface area (Å²) in [5.41, 5.74) is 2.83. The van der Waals surface area contributed by atoms with Gasteiger partial charge in [0.15, 0.2) is 0 Å². The zero-order chi connectivity index (χ0) is 21.6. The van der Waals surface area contributed by atoms with E-state index in [2.05, 4.69) is 5.32 Å². The predicted molar refractivity (Wildman–Crippen MR) is 111 cm³/mol. The summed E-state index contributed by atoms with van der Waals surface area (Å²) in [6.45, 7) is -0.00891. The highest BCUT2D eigenvalue weighted by Crippen LogP contribution is 2.32. The molecule has 160 valence electrons. The van der Waals surface area contributed by atoms with Crippen LogP contribution in [0.4, 0.5) is 10.5 Å². The van der Waals surface area contributed by atoms with E-state index in [1.807, 2.05) is 18.2 Å². The Morgan fingerprint density at radius 2 is 1.80 bits per heavy atom. The zero-order valence-electron chi connectivity index (χ0n) is 16.5. The SMILES string of the molecule is O=C(/C=C/CCC[C@H](OC(=O)Nc1ccccc1)c1ccccc1OCCO)NO. The van der Waals surface area contributed by atoms with Crippen LogP contribution in [0.15, 0.2) is 66.7 Å². The minimum Gasteiger partial charge on any atom is -0.491 e. The van der Waals surface area contributed by atoms with E-state index < -0.39 is 18.1 Å². The van der Waals surface area contributed by atoms with Gasteiger partial charge in [0.1, 0.15) is 18.5 Å². The summed E-state index contributed by atoms with van der Waals surface area (Å²) in [4.78, 5) is 23.5. The number of ether oxygens (including phenoxy) is 2. The number of amides is 2. The van der Waals surface area contributed by atoms with E-state index in [-0.39, 0.29) is 13.2 Å². The number of carbonyl (C=O) groups is 2. The molecule has 0 aliphatic rings. The van der Waals surface area contributed by atoms with Crippen molar-refractivity contribution in [1.82, 2.24) is 5.48 Å². The largest absolute Gasteiger partial charge is 0.491 e. The lowest BCUT2D eigenvalue weighted by Crippen LogP contribution is -2.18. The van der Waals surface area contributed by atoms with Gasteiger partial charge in [-0.05, 0) is 37.5 Å². The molecule has 8 heteroatoms. The number of allylic oxidation sites excluding steroid dienone is 1. The number of carbonyl (C=O) groups excluding carboxylic acids is 2. The number of benzene rings is 2. The number of aliphatic hydroxyl groups is 1. The standard InChI is InChI=1S/C22H26N2O6/c25-15-16-29-19-12-8-7-11-18(19)20(13-5-2-6-14-21(26)24-28)30-22(27)23-17-9-3-1-4-10-17/h1,3-4,6-12,14,20,25,28H,2,5,13,15-16H2,(H,23,27)(H,24,26)/b14-6+/t20-/m0/s1. The van der Waals surface area contributed by atoms with Crippen LogP contribution >= 0.6 is 0 Å². The molecule has 8 nitrogen and oxygen atoms in total. The molecule has 2 aromatic rings. The first-order valence-corrected chi connectivity index (χ1v) is 9.60. The molecule has 1 atom stereocenters. The Labute approximate surface area is 175 Å². The molecular formula is C22H26N2O6. The summed E-state index contributed by atoms with van der Waals surface area (Å²) < 4.78 is 11.3. The fourth-order valence-corrected chi connectivity index (χ4v) is 2.76. The molecule has 0 aliphatic heterocycles.